The van der Waals surface area contributed by atoms with Crippen molar-refractivity contribution in [2.24, 2.45) is 5.41 Å². The van der Waals surface area contributed by atoms with Gasteiger partial charge in [0.05, 0.1) is 17.4 Å². The van der Waals surface area contributed by atoms with Crippen LogP contribution in [0.3, 0.4) is 0 Å². The molecular weight excluding hydrogens is 260 g/mol. The molecule has 0 aliphatic heterocycles. The molecule has 0 spiro atoms. The summed E-state index contributed by atoms with van der Waals surface area (Å²) in [5.74, 6) is -0.00838. The minimum atomic E-state index is -0.484. The standard InChI is InChI=1S/C11H19BrO3/c1-4-15-10(14)11(2,3)7-5-6-9(13)8-12/h4-8H2,1-3H3. The van der Waals surface area contributed by atoms with E-state index in [1.807, 2.05) is 13.8 Å². The molecule has 15 heavy (non-hydrogen) atoms. The first-order valence-electron chi connectivity index (χ1n) is 5.19. The predicted molar refractivity (Wildman–Crippen MR) is 63.1 cm³/mol. The number of hydrogen-bond acceptors (Lipinski definition) is 3. The molecule has 0 fully saturated rings. The maximum absolute atomic E-state index is 11.5. The second kappa shape index (κ2) is 6.99. The highest BCUT2D eigenvalue weighted by molar-refractivity contribution is 9.09. The number of Topliss-reactive ketones (excluding diaryl/α,β-unsaturated/α-hetero) is 1. The lowest BCUT2D eigenvalue weighted by Crippen LogP contribution is -2.26. The van der Waals surface area contributed by atoms with E-state index >= 15 is 0 Å². The van der Waals surface area contributed by atoms with Crippen LogP contribution in [0.4, 0.5) is 0 Å². The number of hydrogen-bond donors (Lipinski definition) is 0. The van der Waals surface area contributed by atoms with E-state index in [2.05, 4.69) is 15.9 Å². The lowest BCUT2D eigenvalue weighted by atomic mass is 9.87. The van der Waals surface area contributed by atoms with Gasteiger partial charge in [-0.15, -0.1) is 0 Å². The van der Waals surface area contributed by atoms with E-state index in [9.17, 15) is 9.59 Å². The van der Waals surface area contributed by atoms with Gasteiger partial charge in [-0.1, -0.05) is 15.9 Å². The van der Waals surface area contributed by atoms with Crippen LogP contribution in [-0.4, -0.2) is 23.7 Å². The largest absolute Gasteiger partial charge is 0.466 e. The Morgan fingerprint density at radius 2 is 1.93 bits per heavy atom. The molecule has 0 N–H and O–H groups in total. The predicted octanol–water partition coefficient (Wildman–Crippen LogP) is 2.71. The molecular formula is C11H19BrO3. The number of carbonyl (C=O) groups is 2. The van der Waals surface area contributed by atoms with E-state index in [0.29, 0.717) is 24.8 Å². The highest BCUT2D eigenvalue weighted by Gasteiger charge is 2.28. The van der Waals surface area contributed by atoms with E-state index in [4.69, 9.17) is 4.74 Å². The maximum atomic E-state index is 11.5. The molecule has 0 aromatic carbocycles. The average Bonchev–Trinajstić information content (AvgIpc) is 2.17. The summed E-state index contributed by atoms with van der Waals surface area (Å²) >= 11 is 3.11. The van der Waals surface area contributed by atoms with Crippen LogP contribution in [0, 0.1) is 5.41 Å². The SMILES string of the molecule is CCOC(=O)C(C)(C)CCCC(=O)CBr. The van der Waals surface area contributed by atoms with Gasteiger partial charge in [-0.3, -0.25) is 9.59 Å². The molecule has 0 aliphatic rings. The Hall–Kier alpha value is -0.380. The van der Waals surface area contributed by atoms with Gasteiger partial charge in [-0.2, -0.15) is 0 Å². The fourth-order valence-corrected chi connectivity index (χ4v) is 1.50. The number of ether oxygens (including phenoxy) is 1. The van der Waals surface area contributed by atoms with Gasteiger partial charge in [0.15, 0.2) is 0 Å². The molecule has 0 radical (unpaired) electrons. The number of ketones is 1. The Morgan fingerprint density at radius 1 is 1.33 bits per heavy atom. The number of carbonyl (C=O) groups excluding carboxylic acids is 2. The van der Waals surface area contributed by atoms with Gasteiger partial charge < -0.3 is 4.74 Å². The van der Waals surface area contributed by atoms with Crippen molar-refractivity contribution < 1.29 is 14.3 Å². The first-order valence-corrected chi connectivity index (χ1v) is 6.31. The third kappa shape index (κ3) is 5.92. The van der Waals surface area contributed by atoms with Crippen molar-refractivity contribution in [1.82, 2.24) is 0 Å². The number of esters is 1. The van der Waals surface area contributed by atoms with Gasteiger partial charge in [-0.25, -0.2) is 0 Å². The molecule has 0 heterocycles. The van der Waals surface area contributed by atoms with E-state index in [-0.39, 0.29) is 11.8 Å². The topological polar surface area (TPSA) is 43.4 Å². The highest BCUT2D eigenvalue weighted by Crippen LogP contribution is 2.25. The Morgan fingerprint density at radius 3 is 2.40 bits per heavy atom. The summed E-state index contributed by atoms with van der Waals surface area (Å²) in [6.07, 6.45) is 1.94. The van der Waals surface area contributed by atoms with Crippen molar-refractivity contribution in [3.8, 4) is 0 Å². The quantitative estimate of drug-likeness (QED) is 0.531. The second-order valence-electron chi connectivity index (χ2n) is 4.13. The first kappa shape index (κ1) is 14.6. The third-order valence-corrected chi connectivity index (χ3v) is 2.86. The zero-order valence-electron chi connectivity index (χ0n) is 9.64. The Balaban J connectivity index is 3.93. The van der Waals surface area contributed by atoms with Crippen LogP contribution in [0.1, 0.15) is 40.0 Å². The Kier molecular flexibility index (Phi) is 6.81. The average molecular weight is 279 g/mol. The third-order valence-electron chi connectivity index (χ3n) is 2.23. The molecule has 0 atom stereocenters. The molecule has 0 aromatic heterocycles. The van der Waals surface area contributed by atoms with Crippen LogP contribution in [0.2, 0.25) is 0 Å². The summed E-state index contributed by atoms with van der Waals surface area (Å²) in [7, 11) is 0. The van der Waals surface area contributed by atoms with E-state index in [0.717, 1.165) is 6.42 Å². The number of alkyl halides is 1. The fourth-order valence-electron chi connectivity index (χ4n) is 1.22. The Labute approximate surface area is 99.7 Å². The van der Waals surface area contributed by atoms with E-state index in [1.165, 1.54) is 0 Å². The van der Waals surface area contributed by atoms with E-state index in [1.54, 1.807) is 6.92 Å². The summed E-state index contributed by atoms with van der Waals surface area (Å²) in [6.45, 7) is 5.90. The molecule has 0 rings (SSSR count). The van der Waals surface area contributed by atoms with Crippen LogP contribution in [0.5, 0.6) is 0 Å². The fraction of sp³-hybridized carbons (Fsp3) is 0.818. The molecule has 88 valence electrons. The molecule has 0 bridgehead atoms. The zero-order valence-corrected chi connectivity index (χ0v) is 11.2. The highest BCUT2D eigenvalue weighted by atomic mass is 79.9. The van der Waals surface area contributed by atoms with Crippen molar-refractivity contribution >= 4 is 27.7 Å². The summed E-state index contributed by atoms with van der Waals surface area (Å²) in [5, 5.41) is 0.396. The molecule has 0 saturated heterocycles. The Bertz CT molecular complexity index is 224. The molecule has 4 heteroatoms. The van der Waals surface area contributed by atoms with Gasteiger partial charge in [0, 0.05) is 6.42 Å². The minimum absolute atomic E-state index is 0.176. The molecule has 3 nitrogen and oxygen atoms in total. The first-order chi connectivity index (χ1) is 6.94. The normalized spacial score (nSPS) is 11.2. The van der Waals surface area contributed by atoms with Crippen molar-refractivity contribution in [3.05, 3.63) is 0 Å². The van der Waals surface area contributed by atoms with Gasteiger partial charge in [0.1, 0.15) is 5.78 Å². The summed E-state index contributed by atoms with van der Waals surface area (Å²) in [5.41, 5.74) is -0.484. The van der Waals surface area contributed by atoms with Crippen LogP contribution in [0.15, 0.2) is 0 Å². The van der Waals surface area contributed by atoms with Crippen LogP contribution in [-0.2, 0) is 14.3 Å². The van der Waals surface area contributed by atoms with Crippen LogP contribution >= 0.6 is 15.9 Å². The van der Waals surface area contributed by atoms with Crippen molar-refractivity contribution in [3.63, 3.8) is 0 Å². The van der Waals surface area contributed by atoms with Gasteiger partial charge >= 0.3 is 5.97 Å². The van der Waals surface area contributed by atoms with Crippen molar-refractivity contribution in [1.29, 1.82) is 0 Å². The molecule has 0 saturated carbocycles. The maximum Gasteiger partial charge on any atom is 0.311 e. The summed E-state index contributed by atoms with van der Waals surface area (Å²) in [6, 6.07) is 0. The zero-order chi connectivity index (χ0) is 11.9. The molecule has 0 amide bonds. The molecule has 0 aromatic rings. The lowest BCUT2D eigenvalue weighted by Gasteiger charge is -2.21. The van der Waals surface area contributed by atoms with Crippen LogP contribution < -0.4 is 0 Å². The lowest BCUT2D eigenvalue weighted by molar-refractivity contribution is -0.154. The van der Waals surface area contributed by atoms with Gasteiger partial charge in [0.2, 0.25) is 0 Å². The van der Waals surface area contributed by atoms with Gasteiger partial charge in [-0.05, 0) is 33.6 Å². The smallest absolute Gasteiger partial charge is 0.311 e. The van der Waals surface area contributed by atoms with E-state index < -0.39 is 5.41 Å². The molecule has 0 aliphatic carbocycles. The monoisotopic (exact) mass is 278 g/mol. The second-order valence-corrected chi connectivity index (χ2v) is 4.69. The minimum Gasteiger partial charge on any atom is -0.466 e. The van der Waals surface area contributed by atoms with Gasteiger partial charge in [0.25, 0.3) is 0 Å². The molecule has 0 unspecified atom stereocenters. The van der Waals surface area contributed by atoms with Crippen LogP contribution in [0.25, 0.3) is 0 Å². The number of halogens is 1. The summed E-state index contributed by atoms with van der Waals surface area (Å²) < 4.78 is 4.96. The summed E-state index contributed by atoms with van der Waals surface area (Å²) in [4.78, 5) is 22.5. The number of rotatable bonds is 7. The van der Waals surface area contributed by atoms with Crippen molar-refractivity contribution in [2.75, 3.05) is 11.9 Å². The van der Waals surface area contributed by atoms with Crippen molar-refractivity contribution in [2.45, 2.75) is 40.0 Å².